The Hall–Kier alpha value is -2.53. The number of anilines is 1. The van der Waals surface area contributed by atoms with Crippen molar-refractivity contribution in [3.05, 3.63) is 29.3 Å². The molecule has 1 aromatic carbocycles. The zero-order chi connectivity index (χ0) is 13.0. The van der Waals surface area contributed by atoms with E-state index in [2.05, 4.69) is 5.32 Å². The molecule has 0 aliphatic carbocycles. The molecule has 0 fully saturated rings. The summed E-state index contributed by atoms with van der Waals surface area (Å²) in [7, 11) is 0. The summed E-state index contributed by atoms with van der Waals surface area (Å²) < 4.78 is 0. The topological polar surface area (TPSA) is 79.9 Å². The normalized spacial score (nSPS) is 11.9. The van der Waals surface area contributed by atoms with Gasteiger partial charge in [0.15, 0.2) is 0 Å². The molecule has 18 heavy (non-hydrogen) atoms. The lowest BCUT2D eigenvalue weighted by Crippen LogP contribution is -2.31. The highest BCUT2D eigenvalue weighted by atomic mass is 16.2. The summed E-state index contributed by atoms with van der Waals surface area (Å²) in [6, 6.07) is 9.22. The highest BCUT2D eigenvalue weighted by Crippen LogP contribution is 2.23. The predicted molar refractivity (Wildman–Crippen MR) is 65.8 cm³/mol. The van der Waals surface area contributed by atoms with Crippen LogP contribution in [0.4, 0.5) is 5.69 Å². The third kappa shape index (κ3) is 2.26. The molecule has 0 saturated heterocycles. The van der Waals surface area contributed by atoms with Crippen LogP contribution in [-0.4, -0.2) is 30.4 Å². The molecule has 1 aliphatic heterocycles. The van der Waals surface area contributed by atoms with Gasteiger partial charge in [-0.2, -0.15) is 10.5 Å². The summed E-state index contributed by atoms with van der Waals surface area (Å²) in [5.74, 6) is -0.271. The van der Waals surface area contributed by atoms with Crippen molar-refractivity contribution in [1.29, 1.82) is 10.5 Å². The highest BCUT2D eigenvalue weighted by molar-refractivity contribution is 5.95. The van der Waals surface area contributed by atoms with Crippen LogP contribution in [0.5, 0.6) is 0 Å². The molecule has 0 spiro atoms. The minimum Gasteiger partial charge on any atom is -0.384 e. The molecule has 0 bridgehead atoms. The molecule has 1 heterocycles. The minimum atomic E-state index is -0.271. The monoisotopic (exact) mass is 240 g/mol. The maximum Gasteiger partial charge on any atom is 0.255 e. The van der Waals surface area contributed by atoms with Gasteiger partial charge in [-0.05, 0) is 30.2 Å². The Balaban J connectivity index is 2.23. The fourth-order valence-electron chi connectivity index (χ4n) is 1.99. The molecule has 1 N–H and O–H groups in total. The first-order chi connectivity index (χ1) is 8.76. The van der Waals surface area contributed by atoms with Gasteiger partial charge >= 0.3 is 0 Å². The first-order valence-electron chi connectivity index (χ1n) is 5.66. The maximum atomic E-state index is 12.1. The van der Waals surface area contributed by atoms with Crippen molar-refractivity contribution in [2.45, 2.75) is 6.42 Å². The van der Waals surface area contributed by atoms with Crippen LogP contribution in [0.2, 0.25) is 0 Å². The second-order valence-corrected chi connectivity index (χ2v) is 4.03. The maximum absolute atomic E-state index is 12.1. The molecular formula is C13H12N4O. The Morgan fingerprint density at radius 3 is 2.72 bits per heavy atom. The fourth-order valence-corrected chi connectivity index (χ4v) is 1.99. The first-order valence-corrected chi connectivity index (χ1v) is 5.66. The van der Waals surface area contributed by atoms with Crippen molar-refractivity contribution in [3.63, 3.8) is 0 Å². The number of benzene rings is 1. The van der Waals surface area contributed by atoms with E-state index in [1.54, 1.807) is 6.07 Å². The molecule has 0 radical (unpaired) electrons. The van der Waals surface area contributed by atoms with Crippen LogP contribution < -0.4 is 5.32 Å². The van der Waals surface area contributed by atoms with E-state index in [4.69, 9.17) is 10.5 Å². The number of nitrogens with one attached hydrogen (secondary N) is 1. The van der Waals surface area contributed by atoms with Gasteiger partial charge in [-0.25, -0.2) is 0 Å². The molecule has 0 aromatic heterocycles. The minimum absolute atomic E-state index is 0.0677. The molecule has 5 heteroatoms. The number of amides is 1. The standard InChI is InChI=1S/C13H12N4O/c14-4-7-17(8-5-15)13(18)11-1-2-12-10(9-11)3-6-16-12/h1-2,9,16H,3,6-8H2. The van der Waals surface area contributed by atoms with Crippen molar-refractivity contribution < 1.29 is 4.79 Å². The molecular weight excluding hydrogens is 228 g/mol. The SMILES string of the molecule is N#CCN(CC#N)C(=O)c1ccc2c(c1)CCN2. The Labute approximate surface area is 105 Å². The third-order valence-electron chi connectivity index (χ3n) is 2.87. The van der Waals surface area contributed by atoms with E-state index in [1.807, 2.05) is 24.3 Å². The Kier molecular flexibility index (Phi) is 3.45. The molecule has 2 rings (SSSR count). The van der Waals surface area contributed by atoms with Crippen LogP contribution in [0.25, 0.3) is 0 Å². The molecule has 5 nitrogen and oxygen atoms in total. The first kappa shape index (κ1) is 11.9. The lowest BCUT2D eigenvalue weighted by molar-refractivity contribution is 0.0794. The van der Waals surface area contributed by atoms with Gasteiger partial charge in [-0.3, -0.25) is 4.79 Å². The summed E-state index contributed by atoms with van der Waals surface area (Å²) >= 11 is 0. The lowest BCUT2D eigenvalue weighted by atomic mass is 10.1. The van der Waals surface area contributed by atoms with Gasteiger partial charge in [0.1, 0.15) is 13.1 Å². The molecule has 0 unspecified atom stereocenters. The van der Waals surface area contributed by atoms with E-state index >= 15 is 0 Å². The van der Waals surface area contributed by atoms with E-state index < -0.39 is 0 Å². The number of carbonyl (C=O) groups excluding carboxylic acids is 1. The second-order valence-electron chi connectivity index (χ2n) is 4.03. The molecule has 90 valence electrons. The molecule has 0 atom stereocenters. The number of nitriles is 2. The number of fused-ring (bicyclic) bond motifs is 1. The number of nitrogens with zero attached hydrogens (tertiary/aromatic N) is 3. The highest BCUT2D eigenvalue weighted by Gasteiger charge is 2.18. The van der Waals surface area contributed by atoms with Gasteiger partial charge in [0, 0.05) is 17.8 Å². The number of hydrogen-bond donors (Lipinski definition) is 1. The van der Waals surface area contributed by atoms with Crippen LogP contribution in [-0.2, 0) is 6.42 Å². The number of hydrogen-bond acceptors (Lipinski definition) is 4. The van der Waals surface area contributed by atoms with Gasteiger partial charge in [0.2, 0.25) is 0 Å². The quantitative estimate of drug-likeness (QED) is 0.803. The van der Waals surface area contributed by atoms with Gasteiger partial charge < -0.3 is 10.2 Å². The van der Waals surface area contributed by atoms with E-state index in [0.717, 1.165) is 24.2 Å². The van der Waals surface area contributed by atoms with Crippen LogP contribution >= 0.6 is 0 Å². The van der Waals surface area contributed by atoms with Crippen LogP contribution in [0.1, 0.15) is 15.9 Å². The van der Waals surface area contributed by atoms with E-state index in [0.29, 0.717) is 5.56 Å². The third-order valence-corrected chi connectivity index (χ3v) is 2.87. The van der Waals surface area contributed by atoms with Crippen LogP contribution in [0.3, 0.4) is 0 Å². The Morgan fingerprint density at radius 1 is 1.33 bits per heavy atom. The Morgan fingerprint density at radius 2 is 2.06 bits per heavy atom. The van der Waals surface area contributed by atoms with Crippen molar-refractivity contribution in [1.82, 2.24) is 4.90 Å². The zero-order valence-electron chi connectivity index (χ0n) is 9.81. The van der Waals surface area contributed by atoms with Crippen LogP contribution in [0, 0.1) is 22.7 Å². The average molecular weight is 240 g/mol. The average Bonchev–Trinajstić information content (AvgIpc) is 2.84. The summed E-state index contributed by atoms with van der Waals surface area (Å²) in [4.78, 5) is 13.4. The summed E-state index contributed by atoms with van der Waals surface area (Å²) in [5, 5.41) is 20.5. The van der Waals surface area contributed by atoms with Crippen molar-refractivity contribution >= 4 is 11.6 Å². The van der Waals surface area contributed by atoms with E-state index in [-0.39, 0.29) is 19.0 Å². The lowest BCUT2D eigenvalue weighted by Gasteiger charge is -2.16. The smallest absolute Gasteiger partial charge is 0.255 e. The van der Waals surface area contributed by atoms with Crippen LogP contribution in [0.15, 0.2) is 18.2 Å². The summed E-state index contributed by atoms with van der Waals surface area (Å²) in [6.07, 6.45) is 0.896. The Bertz CT molecular complexity index is 537. The van der Waals surface area contributed by atoms with Gasteiger partial charge in [-0.1, -0.05) is 0 Å². The summed E-state index contributed by atoms with van der Waals surface area (Å²) in [5.41, 5.74) is 2.69. The van der Waals surface area contributed by atoms with Gasteiger partial charge in [-0.15, -0.1) is 0 Å². The largest absolute Gasteiger partial charge is 0.384 e. The summed E-state index contributed by atoms with van der Waals surface area (Å²) in [6.45, 7) is 0.747. The molecule has 0 saturated carbocycles. The van der Waals surface area contributed by atoms with Gasteiger partial charge in [0.05, 0.1) is 12.1 Å². The number of carbonyl (C=O) groups is 1. The van der Waals surface area contributed by atoms with Crippen molar-refractivity contribution in [3.8, 4) is 12.1 Å². The van der Waals surface area contributed by atoms with E-state index in [1.165, 1.54) is 4.90 Å². The van der Waals surface area contributed by atoms with E-state index in [9.17, 15) is 4.79 Å². The predicted octanol–water partition coefficient (Wildman–Crippen LogP) is 1.14. The fraction of sp³-hybridized carbons (Fsp3) is 0.308. The van der Waals surface area contributed by atoms with Gasteiger partial charge in [0.25, 0.3) is 5.91 Å². The zero-order valence-corrected chi connectivity index (χ0v) is 9.81. The molecule has 1 aromatic rings. The van der Waals surface area contributed by atoms with Crippen molar-refractivity contribution in [2.75, 3.05) is 25.0 Å². The molecule has 1 aliphatic rings. The molecule has 1 amide bonds. The van der Waals surface area contributed by atoms with Crippen molar-refractivity contribution in [2.24, 2.45) is 0 Å². The number of rotatable bonds is 3. The second kappa shape index (κ2) is 5.20.